The van der Waals surface area contributed by atoms with Crippen molar-refractivity contribution in [2.45, 2.75) is 26.7 Å². The van der Waals surface area contributed by atoms with Crippen molar-refractivity contribution in [3.63, 3.8) is 0 Å². The van der Waals surface area contributed by atoms with E-state index in [1.54, 1.807) is 18.5 Å². The standard InChI is InChI=1S/C13H19N5S/c1-10-4-8-18(9-5-10)13(19)17-16-11(2)12-14-6-3-7-15-12/h3,6-7,10H,4-5,8-9H2,1-2H3,(H,17,19). The van der Waals surface area contributed by atoms with Crippen LogP contribution in [-0.4, -0.2) is 38.8 Å². The summed E-state index contributed by atoms with van der Waals surface area (Å²) in [5.41, 5.74) is 3.66. The number of rotatable bonds is 2. The van der Waals surface area contributed by atoms with Crippen LogP contribution in [0.1, 0.15) is 32.5 Å². The second-order valence-electron chi connectivity index (χ2n) is 4.86. The van der Waals surface area contributed by atoms with Gasteiger partial charge in [-0.2, -0.15) is 5.10 Å². The number of thiocarbonyl (C=S) groups is 1. The average Bonchev–Trinajstić information content (AvgIpc) is 2.46. The summed E-state index contributed by atoms with van der Waals surface area (Å²) < 4.78 is 0. The highest BCUT2D eigenvalue weighted by atomic mass is 32.1. The molecule has 1 aromatic rings. The first-order valence-corrected chi connectivity index (χ1v) is 6.94. The van der Waals surface area contributed by atoms with Crippen LogP contribution in [0.2, 0.25) is 0 Å². The lowest BCUT2D eigenvalue weighted by Gasteiger charge is -2.31. The Balaban J connectivity index is 1.89. The van der Waals surface area contributed by atoms with Crippen LogP contribution >= 0.6 is 12.2 Å². The van der Waals surface area contributed by atoms with Gasteiger partial charge in [0.05, 0.1) is 0 Å². The quantitative estimate of drug-likeness (QED) is 0.507. The molecule has 1 aliphatic heterocycles. The Morgan fingerprint density at radius 3 is 2.63 bits per heavy atom. The third-order valence-electron chi connectivity index (χ3n) is 3.28. The lowest BCUT2D eigenvalue weighted by molar-refractivity contribution is 0.278. The van der Waals surface area contributed by atoms with E-state index in [2.05, 4.69) is 32.3 Å². The number of piperidine rings is 1. The molecule has 19 heavy (non-hydrogen) atoms. The molecule has 1 aliphatic rings. The Bertz CT molecular complexity index is 451. The zero-order chi connectivity index (χ0) is 13.7. The van der Waals surface area contributed by atoms with Gasteiger partial charge in [0.1, 0.15) is 5.71 Å². The van der Waals surface area contributed by atoms with E-state index in [4.69, 9.17) is 12.2 Å². The molecule has 1 N–H and O–H groups in total. The van der Waals surface area contributed by atoms with E-state index in [0.717, 1.165) is 24.7 Å². The Kier molecular flexibility index (Phi) is 4.79. The molecule has 0 spiro atoms. The molecule has 1 saturated heterocycles. The first kappa shape index (κ1) is 13.9. The topological polar surface area (TPSA) is 53.4 Å². The van der Waals surface area contributed by atoms with Gasteiger partial charge in [-0.15, -0.1) is 0 Å². The molecule has 0 radical (unpaired) electrons. The smallest absolute Gasteiger partial charge is 0.189 e. The summed E-state index contributed by atoms with van der Waals surface area (Å²) >= 11 is 5.35. The summed E-state index contributed by atoms with van der Waals surface area (Å²) in [6.45, 7) is 6.15. The maximum atomic E-state index is 5.35. The first-order chi connectivity index (χ1) is 9.16. The van der Waals surface area contributed by atoms with E-state index in [-0.39, 0.29) is 0 Å². The lowest BCUT2D eigenvalue weighted by atomic mass is 10.00. The van der Waals surface area contributed by atoms with Crippen LogP contribution in [0.5, 0.6) is 0 Å². The van der Waals surface area contributed by atoms with Crippen LogP contribution in [-0.2, 0) is 0 Å². The molecule has 0 aliphatic carbocycles. The predicted octanol–water partition coefficient (Wildman–Crippen LogP) is 1.81. The molecular formula is C13H19N5S. The van der Waals surface area contributed by atoms with Crippen molar-refractivity contribution in [1.29, 1.82) is 0 Å². The van der Waals surface area contributed by atoms with Crippen molar-refractivity contribution in [3.8, 4) is 0 Å². The van der Waals surface area contributed by atoms with Gasteiger partial charge in [0.15, 0.2) is 10.9 Å². The molecule has 1 fully saturated rings. The van der Waals surface area contributed by atoms with Gasteiger partial charge in [-0.3, -0.25) is 5.43 Å². The van der Waals surface area contributed by atoms with Crippen LogP contribution < -0.4 is 5.43 Å². The summed E-state index contributed by atoms with van der Waals surface area (Å²) in [6.07, 6.45) is 5.77. The van der Waals surface area contributed by atoms with Crippen molar-refractivity contribution in [2.75, 3.05) is 13.1 Å². The summed E-state index contributed by atoms with van der Waals surface area (Å²) in [5, 5.41) is 4.93. The second-order valence-corrected chi connectivity index (χ2v) is 5.24. The SMILES string of the molecule is CC(=NNC(=S)N1CCC(C)CC1)c1ncccn1. The minimum absolute atomic E-state index is 0.616. The van der Waals surface area contributed by atoms with E-state index < -0.39 is 0 Å². The van der Waals surface area contributed by atoms with Gasteiger partial charge in [-0.1, -0.05) is 6.92 Å². The van der Waals surface area contributed by atoms with E-state index in [0.29, 0.717) is 10.9 Å². The number of hydrogen-bond donors (Lipinski definition) is 1. The van der Waals surface area contributed by atoms with Crippen LogP contribution in [0.4, 0.5) is 0 Å². The van der Waals surface area contributed by atoms with Crippen LogP contribution in [0, 0.1) is 5.92 Å². The molecule has 5 nitrogen and oxygen atoms in total. The van der Waals surface area contributed by atoms with Gasteiger partial charge < -0.3 is 4.90 Å². The number of hydrazone groups is 1. The van der Waals surface area contributed by atoms with Gasteiger partial charge in [0.25, 0.3) is 0 Å². The monoisotopic (exact) mass is 277 g/mol. The molecule has 0 atom stereocenters. The minimum atomic E-state index is 0.616. The lowest BCUT2D eigenvalue weighted by Crippen LogP contribution is -2.42. The van der Waals surface area contributed by atoms with Crippen LogP contribution in [0.3, 0.4) is 0 Å². The van der Waals surface area contributed by atoms with Crippen LogP contribution in [0.25, 0.3) is 0 Å². The zero-order valence-corrected chi connectivity index (χ0v) is 12.2. The maximum absolute atomic E-state index is 5.35. The Morgan fingerprint density at radius 1 is 1.37 bits per heavy atom. The maximum Gasteiger partial charge on any atom is 0.189 e. The van der Waals surface area contributed by atoms with Crippen molar-refractivity contribution in [1.82, 2.24) is 20.3 Å². The summed E-state index contributed by atoms with van der Waals surface area (Å²) in [4.78, 5) is 10.4. The largest absolute Gasteiger partial charge is 0.348 e. The minimum Gasteiger partial charge on any atom is -0.348 e. The Hall–Kier alpha value is -1.56. The van der Waals surface area contributed by atoms with Crippen molar-refractivity contribution in [3.05, 3.63) is 24.3 Å². The number of nitrogens with one attached hydrogen (secondary N) is 1. The van der Waals surface area contributed by atoms with Crippen molar-refractivity contribution >= 4 is 23.0 Å². The predicted molar refractivity (Wildman–Crippen MR) is 79.9 cm³/mol. The van der Waals surface area contributed by atoms with E-state index in [1.807, 2.05) is 6.92 Å². The summed E-state index contributed by atoms with van der Waals surface area (Å²) in [5.74, 6) is 1.41. The van der Waals surface area contributed by atoms with Gasteiger partial charge >= 0.3 is 0 Å². The number of aromatic nitrogens is 2. The van der Waals surface area contributed by atoms with Crippen molar-refractivity contribution in [2.24, 2.45) is 11.0 Å². The molecule has 1 aromatic heterocycles. The molecule has 0 amide bonds. The summed E-state index contributed by atoms with van der Waals surface area (Å²) in [6, 6.07) is 1.78. The average molecular weight is 277 g/mol. The molecule has 102 valence electrons. The molecule has 6 heteroatoms. The molecule has 2 rings (SSSR count). The first-order valence-electron chi connectivity index (χ1n) is 6.53. The molecule has 0 bridgehead atoms. The fourth-order valence-electron chi connectivity index (χ4n) is 1.95. The van der Waals surface area contributed by atoms with E-state index >= 15 is 0 Å². The van der Waals surface area contributed by atoms with Gasteiger partial charge in [-0.05, 0) is 44.0 Å². The summed E-state index contributed by atoms with van der Waals surface area (Å²) in [7, 11) is 0. The highest BCUT2D eigenvalue weighted by Crippen LogP contribution is 2.15. The Morgan fingerprint density at radius 2 is 2.00 bits per heavy atom. The fraction of sp³-hybridized carbons (Fsp3) is 0.538. The molecule has 0 unspecified atom stereocenters. The Labute approximate surface area is 119 Å². The highest BCUT2D eigenvalue weighted by Gasteiger charge is 2.17. The second kappa shape index (κ2) is 6.56. The number of likely N-dealkylation sites (tertiary alicyclic amines) is 1. The van der Waals surface area contributed by atoms with Gasteiger partial charge in [-0.25, -0.2) is 9.97 Å². The van der Waals surface area contributed by atoms with Crippen LogP contribution in [0.15, 0.2) is 23.6 Å². The number of nitrogens with zero attached hydrogens (tertiary/aromatic N) is 4. The third kappa shape index (κ3) is 3.96. The van der Waals surface area contributed by atoms with Gasteiger partial charge in [0, 0.05) is 25.5 Å². The molecule has 0 aromatic carbocycles. The van der Waals surface area contributed by atoms with E-state index in [1.165, 1.54) is 12.8 Å². The highest BCUT2D eigenvalue weighted by molar-refractivity contribution is 7.80. The zero-order valence-electron chi connectivity index (χ0n) is 11.3. The van der Waals surface area contributed by atoms with Gasteiger partial charge in [0.2, 0.25) is 0 Å². The fourth-order valence-corrected chi connectivity index (χ4v) is 2.18. The number of hydrogen-bond acceptors (Lipinski definition) is 4. The molecular weight excluding hydrogens is 258 g/mol. The molecule has 2 heterocycles. The van der Waals surface area contributed by atoms with E-state index in [9.17, 15) is 0 Å². The normalized spacial score (nSPS) is 17.4. The van der Waals surface area contributed by atoms with Crippen molar-refractivity contribution < 1.29 is 0 Å². The third-order valence-corrected chi connectivity index (χ3v) is 3.63. The molecule has 0 saturated carbocycles.